The minimum absolute atomic E-state index is 0.347. The highest BCUT2D eigenvalue weighted by Crippen LogP contribution is 2.37. The van der Waals surface area contributed by atoms with E-state index in [4.69, 9.17) is 0 Å². The van der Waals surface area contributed by atoms with Gasteiger partial charge in [-0.25, -0.2) is 0 Å². The zero-order valence-corrected chi connectivity index (χ0v) is 13.1. The number of aliphatic hydroxyl groups excluding tert-OH is 1. The smallest absolute Gasteiger partial charge is 0.0809 e. The fourth-order valence-corrected chi connectivity index (χ4v) is 4.49. The lowest BCUT2D eigenvalue weighted by molar-refractivity contribution is 0.163. The van der Waals surface area contributed by atoms with Crippen molar-refractivity contribution in [2.75, 3.05) is 0 Å². The molecule has 0 spiro atoms. The monoisotopic (exact) mass is 366 g/mol. The lowest BCUT2D eigenvalue weighted by Crippen LogP contribution is -1.96. The van der Waals surface area contributed by atoms with Gasteiger partial charge in [-0.3, -0.25) is 0 Å². The molecule has 1 N–H and O–H groups in total. The van der Waals surface area contributed by atoms with E-state index >= 15 is 0 Å². The Morgan fingerprint density at radius 3 is 2.69 bits per heavy atom. The van der Waals surface area contributed by atoms with E-state index in [-0.39, 0.29) is 6.10 Å². The number of thiophene rings is 1. The highest BCUT2D eigenvalue weighted by atomic mass is 79.9. The van der Waals surface area contributed by atoms with Crippen LogP contribution in [0, 0.1) is 0 Å². The Labute approximate surface area is 118 Å². The van der Waals surface area contributed by atoms with Crippen molar-refractivity contribution in [2.45, 2.75) is 38.2 Å². The summed E-state index contributed by atoms with van der Waals surface area (Å²) in [5, 5.41) is 10.0. The van der Waals surface area contributed by atoms with Crippen molar-refractivity contribution in [1.29, 1.82) is 0 Å². The summed E-state index contributed by atoms with van der Waals surface area (Å²) in [6.45, 7) is 3.70. The van der Waals surface area contributed by atoms with Crippen LogP contribution in [0.3, 0.4) is 0 Å². The number of hydrogen-bond donors (Lipinski definition) is 1. The Hall–Kier alpha value is 0.360. The molecule has 1 unspecified atom stereocenters. The summed E-state index contributed by atoms with van der Waals surface area (Å²) < 4.78 is 2.08. The van der Waals surface area contributed by atoms with Gasteiger partial charge in [-0.2, -0.15) is 0 Å². The summed E-state index contributed by atoms with van der Waals surface area (Å²) in [6, 6.07) is 1.99. The van der Waals surface area contributed by atoms with Gasteiger partial charge >= 0.3 is 0 Å². The molecule has 0 saturated carbocycles. The van der Waals surface area contributed by atoms with Gasteiger partial charge in [0.25, 0.3) is 0 Å². The second-order valence-electron chi connectivity index (χ2n) is 3.72. The molecular weight excluding hydrogens is 352 g/mol. The Bertz CT molecular complexity index is 336. The molecule has 4 heteroatoms. The van der Waals surface area contributed by atoms with Crippen molar-refractivity contribution in [2.24, 2.45) is 0 Å². The van der Waals surface area contributed by atoms with Crippen LogP contribution in [0.25, 0.3) is 0 Å². The zero-order chi connectivity index (χ0) is 12.0. The molecule has 1 atom stereocenters. The molecular formula is C12H16Br2OS. The molecule has 0 saturated heterocycles. The Kier molecular flexibility index (Phi) is 6.89. The molecule has 1 rings (SSSR count). The van der Waals surface area contributed by atoms with Crippen molar-refractivity contribution in [3.05, 3.63) is 31.9 Å². The van der Waals surface area contributed by atoms with E-state index in [1.54, 1.807) is 11.3 Å². The largest absolute Gasteiger partial charge is 0.388 e. The van der Waals surface area contributed by atoms with Gasteiger partial charge in [-0.05, 0) is 57.2 Å². The fourth-order valence-electron chi connectivity index (χ4n) is 1.54. The van der Waals surface area contributed by atoms with Crippen LogP contribution >= 0.6 is 43.2 Å². The number of aliphatic hydroxyl groups is 1. The lowest BCUT2D eigenvalue weighted by atomic mass is 10.1. The van der Waals surface area contributed by atoms with Crippen LogP contribution in [0.1, 0.15) is 43.8 Å². The van der Waals surface area contributed by atoms with Gasteiger partial charge in [0.15, 0.2) is 0 Å². The highest BCUT2D eigenvalue weighted by Gasteiger charge is 2.13. The van der Waals surface area contributed by atoms with Crippen LogP contribution in [-0.2, 0) is 0 Å². The van der Waals surface area contributed by atoms with Gasteiger partial charge in [0.2, 0.25) is 0 Å². The lowest BCUT2D eigenvalue weighted by Gasteiger charge is -2.09. The molecule has 16 heavy (non-hydrogen) atoms. The van der Waals surface area contributed by atoms with E-state index in [1.807, 2.05) is 12.1 Å². The molecule has 0 aromatic carbocycles. The van der Waals surface area contributed by atoms with Crippen LogP contribution in [0.4, 0.5) is 0 Å². The molecule has 0 aliphatic rings. The molecule has 0 radical (unpaired) electrons. The van der Waals surface area contributed by atoms with E-state index in [9.17, 15) is 5.11 Å². The van der Waals surface area contributed by atoms with Crippen LogP contribution in [0.15, 0.2) is 26.3 Å². The summed E-state index contributed by atoms with van der Waals surface area (Å²) in [5.41, 5.74) is 1.00. The van der Waals surface area contributed by atoms with Crippen molar-refractivity contribution < 1.29 is 5.11 Å². The molecule has 0 aliphatic carbocycles. The van der Waals surface area contributed by atoms with Crippen LogP contribution < -0.4 is 0 Å². The molecule has 90 valence electrons. The Morgan fingerprint density at radius 2 is 2.12 bits per heavy atom. The highest BCUT2D eigenvalue weighted by molar-refractivity contribution is 9.12. The minimum Gasteiger partial charge on any atom is -0.388 e. The van der Waals surface area contributed by atoms with Crippen molar-refractivity contribution >= 4 is 43.2 Å². The number of hydrogen-bond acceptors (Lipinski definition) is 2. The molecule has 1 aromatic rings. The maximum atomic E-state index is 10.0. The zero-order valence-electron chi connectivity index (χ0n) is 9.09. The molecule has 1 aromatic heterocycles. The van der Waals surface area contributed by atoms with Gasteiger partial charge in [-0.1, -0.05) is 18.9 Å². The van der Waals surface area contributed by atoms with Gasteiger partial charge < -0.3 is 5.11 Å². The summed E-state index contributed by atoms with van der Waals surface area (Å²) in [4.78, 5) is 0. The quantitative estimate of drug-likeness (QED) is 0.502. The maximum Gasteiger partial charge on any atom is 0.0809 e. The first-order valence-electron chi connectivity index (χ1n) is 5.39. The molecule has 0 fully saturated rings. The van der Waals surface area contributed by atoms with Crippen molar-refractivity contribution in [1.82, 2.24) is 0 Å². The average Bonchev–Trinajstić information content (AvgIpc) is 2.57. The third kappa shape index (κ3) is 4.70. The molecule has 1 heterocycles. The first kappa shape index (κ1) is 14.4. The third-order valence-corrected chi connectivity index (χ3v) is 4.81. The second-order valence-corrected chi connectivity index (χ2v) is 7.47. The van der Waals surface area contributed by atoms with Crippen LogP contribution in [-0.4, -0.2) is 5.11 Å². The normalized spacial score (nSPS) is 12.7. The number of unbranched alkanes of at least 4 members (excludes halogenated alkanes) is 3. The molecule has 0 amide bonds. The van der Waals surface area contributed by atoms with Crippen molar-refractivity contribution in [3.8, 4) is 0 Å². The number of allylic oxidation sites excluding steroid dienone is 1. The minimum atomic E-state index is -0.347. The predicted octanol–water partition coefficient (Wildman–Crippen LogP) is 5.44. The van der Waals surface area contributed by atoms with Crippen molar-refractivity contribution in [3.63, 3.8) is 0 Å². The van der Waals surface area contributed by atoms with E-state index in [0.717, 1.165) is 38.8 Å². The molecule has 0 bridgehead atoms. The molecule has 0 aliphatic heterocycles. The number of rotatable bonds is 7. The summed E-state index contributed by atoms with van der Waals surface area (Å²) in [5.74, 6) is 0. The predicted molar refractivity (Wildman–Crippen MR) is 78.0 cm³/mol. The van der Waals surface area contributed by atoms with E-state index < -0.39 is 0 Å². The van der Waals surface area contributed by atoms with Crippen LogP contribution in [0.2, 0.25) is 0 Å². The molecule has 1 nitrogen and oxygen atoms in total. The van der Waals surface area contributed by atoms with Gasteiger partial charge in [0.1, 0.15) is 0 Å². The first-order valence-corrected chi connectivity index (χ1v) is 7.79. The van der Waals surface area contributed by atoms with Gasteiger partial charge in [-0.15, -0.1) is 17.9 Å². The standard InChI is InChI=1S/C12H16Br2OS/c1-2-3-4-5-6-7-10(15)9-8-11(13)16-12(9)14/h2,8,10,15H,1,3-7H2. The summed E-state index contributed by atoms with van der Waals surface area (Å²) in [6.07, 6.45) is 6.90. The topological polar surface area (TPSA) is 20.2 Å². The number of halogens is 2. The Morgan fingerprint density at radius 1 is 1.38 bits per heavy atom. The second kappa shape index (κ2) is 7.64. The first-order chi connectivity index (χ1) is 7.65. The van der Waals surface area contributed by atoms with E-state index in [2.05, 4.69) is 38.4 Å². The maximum absolute atomic E-state index is 10.0. The average molecular weight is 368 g/mol. The third-order valence-electron chi connectivity index (χ3n) is 2.43. The van der Waals surface area contributed by atoms with Gasteiger partial charge in [0.05, 0.1) is 13.7 Å². The van der Waals surface area contributed by atoms with E-state index in [1.165, 1.54) is 6.42 Å². The summed E-state index contributed by atoms with van der Waals surface area (Å²) >= 11 is 8.49. The Balaban J connectivity index is 2.32. The summed E-state index contributed by atoms with van der Waals surface area (Å²) in [7, 11) is 0. The van der Waals surface area contributed by atoms with E-state index in [0.29, 0.717) is 0 Å². The fraction of sp³-hybridized carbons (Fsp3) is 0.500. The van der Waals surface area contributed by atoms with Crippen LogP contribution in [0.5, 0.6) is 0 Å². The van der Waals surface area contributed by atoms with Gasteiger partial charge in [0, 0.05) is 5.56 Å². The SMILES string of the molecule is C=CCCCCCC(O)c1cc(Br)sc1Br.